The van der Waals surface area contributed by atoms with Crippen LogP contribution in [0.1, 0.15) is 50.2 Å². The third-order valence-corrected chi connectivity index (χ3v) is 6.96. The number of nitrogens with zero attached hydrogens (tertiary/aromatic N) is 3. The molecule has 2 heterocycles. The van der Waals surface area contributed by atoms with Crippen LogP contribution in [0.25, 0.3) is 0 Å². The minimum absolute atomic E-state index is 0.303. The van der Waals surface area contributed by atoms with Crippen LogP contribution in [0.3, 0.4) is 0 Å². The number of nitrogens with one attached hydrogen (secondary N) is 1. The Balaban J connectivity index is 1.99. The van der Waals surface area contributed by atoms with Gasteiger partial charge < -0.3 is 9.47 Å². The molecule has 1 aliphatic carbocycles. The van der Waals surface area contributed by atoms with Gasteiger partial charge in [0.15, 0.2) is 5.41 Å². The summed E-state index contributed by atoms with van der Waals surface area (Å²) >= 11 is 3.43. The predicted molar refractivity (Wildman–Crippen MR) is 102 cm³/mol. The first-order chi connectivity index (χ1) is 13.5. The molecule has 6 nitrogen and oxygen atoms in total. The molecule has 3 fully saturated rings. The molecule has 4 unspecified atom stereocenters. The van der Waals surface area contributed by atoms with E-state index in [1.54, 1.807) is 18.2 Å². The Morgan fingerprint density at radius 1 is 1.07 bits per heavy atom. The van der Waals surface area contributed by atoms with Gasteiger partial charge in [-0.15, -0.1) is 0 Å². The lowest BCUT2D eigenvalue weighted by Gasteiger charge is -2.50. The van der Waals surface area contributed by atoms with Gasteiger partial charge >= 0.3 is 0 Å². The van der Waals surface area contributed by atoms with Crippen molar-refractivity contribution in [3.8, 4) is 18.2 Å². The Labute approximate surface area is 172 Å². The summed E-state index contributed by atoms with van der Waals surface area (Å²) in [6.07, 6.45) is 3.89. The molecule has 7 heteroatoms. The van der Waals surface area contributed by atoms with Gasteiger partial charge in [-0.3, -0.25) is 5.41 Å². The molecule has 2 aliphatic heterocycles. The van der Waals surface area contributed by atoms with Gasteiger partial charge in [-0.25, -0.2) is 0 Å². The largest absolute Gasteiger partial charge is 0.447 e. The van der Waals surface area contributed by atoms with Crippen molar-refractivity contribution in [3.63, 3.8) is 0 Å². The van der Waals surface area contributed by atoms with E-state index in [1.807, 2.05) is 6.07 Å². The quantitative estimate of drug-likeness (QED) is 0.679. The molecule has 0 aromatic heterocycles. The number of benzene rings is 1. The zero-order chi connectivity index (χ0) is 20.0. The average molecular weight is 439 g/mol. The van der Waals surface area contributed by atoms with E-state index < -0.39 is 28.6 Å². The Hall–Kier alpha value is -2.40. The predicted octanol–water partition coefficient (Wildman–Crippen LogP) is 4.74. The van der Waals surface area contributed by atoms with Crippen LogP contribution in [-0.2, 0) is 9.47 Å². The molecule has 28 heavy (non-hydrogen) atoms. The SMILES string of the molecule is N#CC1(C#N)C(c2cccc(Br)c2)OC23CCCCCCC2C1(C#N)C(=N)O3. The van der Waals surface area contributed by atoms with Crippen molar-refractivity contribution < 1.29 is 9.47 Å². The van der Waals surface area contributed by atoms with Crippen LogP contribution >= 0.6 is 15.9 Å². The van der Waals surface area contributed by atoms with Gasteiger partial charge in [0.2, 0.25) is 17.1 Å². The van der Waals surface area contributed by atoms with Crippen LogP contribution in [0.15, 0.2) is 28.7 Å². The van der Waals surface area contributed by atoms with E-state index in [9.17, 15) is 15.8 Å². The second kappa shape index (κ2) is 6.59. The molecular weight excluding hydrogens is 420 g/mol. The maximum atomic E-state index is 10.3. The highest BCUT2D eigenvalue weighted by Crippen LogP contribution is 2.68. The molecule has 1 aromatic rings. The molecule has 1 saturated carbocycles. The summed E-state index contributed by atoms with van der Waals surface area (Å²) in [5.41, 5.74) is -2.90. The summed E-state index contributed by atoms with van der Waals surface area (Å²) < 4.78 is 13.2. The molecule has 0 amide bonds. The highest BCUT2D eigenvalue weighted by Gasteiger charge is 2.79. The first kappa shape index (κ1) is 18.9. The number of rotatable bonds is 1. The summed E-state index contributed by atoms with van der Waals surface area (Å²) in [5, 5.41) is 39.3. The minimum atomic E-state index is -1.87. The second-order valence-corrected chi connectivity index (χ2v) is 8.67. The van der Waals surface area contributed by atoms with Crippen LogP contribution in [0.4, 0.5) is 0 Å². The summed E-state index contributed by atoms with van der Waals surface area (Å²) in [7, 11) is 0. The highest BCUT2D eigenvalue weighted by molar-refractivity contribution is 9.10. The van der Waals surface area contributed by atoms with Crippen molar-refractivity contribution in [1.82, 2.24) is 0 Å². The number of hydrogen-bond donors (Lipinski definition) is 1. The smallest absolute Gasteiger partial charge is 0.217 e. The lowest BCUT2D eigenvalue weighted by Crippen LogP contribution is -2.59. The zero-order valence-corrected chi connectivity index (χ0v) is 16.8. The average Bonchev–Trinajstić information content (AvgIpc) is 2.85. The minimum Gasteiger partial charge on any atom is -0.447 e. The van der Waals surface area contributed by atoms with Crippen molar-refractivity contribution in [1.29, 1.82) is 21.2 Å². The van der Waals surface area contributed by atoms with Crippen LogP contribution < -0.4 is 0 Å². The molecular formula is C21H19BrN4O2. The van der Waals surface area contributed by atoms with Gasteiger partial charge in [0.1, 0.15) is 6.10 Å². The van der Waals surface area contributed by atoms with Gasteiger partial charge in [-0.1, -0.05) is 47.3 Å². The highest BCUT2D eigenvalue weighted by atomic mass is 79.9. The van der Waals surface area contributed by atoms with Crippen LogP contribution in [0, 0.1) is 56.2 Å². The van der Waals surface area contributed by atoms with E-state index in [0.29, 0.717) is 18.4 Å². The number of hydrogen-bond acceptors (Lipinski definition) is 6. The number of nitriles is 3. The topological polar surface area (TPSA) is 114 Å². The maximum Gasteiger partial charge on any atom is 0.217 e. The van der Waals surface area contributed by atoms with Gasteiger partial charge in [0.25, 0.3) is 0 Å². The Bertz CT molecular complexity index is 944. The molecule has 1 aromatic carbocycles. The fourth-order valence-electron chi connectivity index (χ4n) is 5.18. The molecule has 0 radical (unpaired) electrons. The number of halogens is 1. The van der Waals surface area contributed by atoms with Crippen LogP contribution in [0.5, 0.6) is 0 Å². The molecule has 1 N–H and O–H groups in total. The van der Waals surface area contributed by atoms with Crippen LogP contribution in [-0.4, -0.2) is 11.7 Å². The zero-order valence-electron chi connectivity index (χ0n) is 15.2. The van der Waals surface area contributed by atoms with Crippen molar-refractivity contribution in [2.45, 2.75) is 50.4 Å². The monoisotopic (exact) mass is 438 g/mol. The van der Waals surface area contributed by atoms with Gasteiger partial charge in [0, 0.05) is 10.9 Å². The lowest BCUT2D eigenvalue weighted by molar-refractivity contribution is -0.289. The summed E-state index contributed by atoms with van der Waals surface area (Å²) in [6.45, 7) is 0. The second-order valence-electron chi connectivity index (χ2n) is 7.75. The molecule has 4 atom stereocenters. The maximum absolute atomic E-state index is 10.3. The van der Waals surface area contributed by atoms with E-state index in [0.717, 1.165) is 30.2 Å². The van der Waals surface area contributed by atoms with Crippen molar-refractivity contribution in [3.05, 3.63) is 34.3 Å². The number of ether oxygens (including phenoxy) is 2. The van der Waals surface area contributed by atoms with Crippen molar-refractivity contribution in [2.24, 2.45) is 16.7 Å². The molecule has 2 bridgehead atoms. The fraction of sp³-hybridized carbons (Fsp3) is 0.524. The van der Waals surface area contributed by atoms with Gasteiger partial charge in [-0.05, 0) is 30.5 Å². The standard InChI is InChI=1S/C21H19BrN4O2/c22-15-7-5-6-14(10-15)17-19(11-23,12-24)20(13-25)16-8-3-1-2-4-9-21(16,27-17)28-18(20)26/h5-7,10,16-17,26H,1-4,8-9H2. The molecule has 2 saturated heterocycles. The van der Waals surface area contributed by atoms with Crippen LogP contribution in [0.2, 0.25) is 0 Å². The molecule has 0 spiro atoms. The molecule has 4 rings (SSSR count). The summed E-state index contributed by atoms with van der Waals surface area (Å²) in [5.74, 6) is -1.96. The summed E-state index contributed by atoms with van der Waals surface area (Å²) in [6, 6.07) is 13.7. The Morgan fingerprint density at radius 3 is 2.50 bits per heavy atom. The van der Waals surface area contributed by atoms with Crippen molar-refractivity contribution >= 4 is 21.8 Å². The first-order valence-electron chi connectivity index (χ1n) is 9.45. The van der Waals surface area contributed by atoms with E-state index >= 15 is 0 Å². The third kappa shape index (κ3) is 2.23. The first-order valence-corrected chi connectivity index (χ1v) is 10.2. The lowest BCUT2D eigenvalue weighted by atomic mass is 9.52. The van der Waals surface area contributed by atoms with Gasteiger partial charge in [0.05, 0.1) is 24.1 Å². The Morgan fingerprint density at radius 2 is 1.82 bits per heavy atom. The van der Waals surface area contributed by atoms with E-state index in [2.05, 4.69) is 34.1 Å². The normalized spacial score (nSPS) is 35.9. The fourth-order valence-corrected chi connectivity index (χ4v) is 5.60. The van der Waals surface area contributed by atoms with E-state index in [4.69, 9.17) is 14.9 Å². The Kier molecular flexibility index (Phi) is 4.46. The molecule has 3 aliphatic rings. The van der Waals surface area contributed by atoms with E-state index in [-0.39, 0.29) is 5.90 Å². The summed E-state index contributed by atoms with van der Waals surface area (Å²) in [4.78, 5) is 0. The third-order valence-electron chi connectivity index (χ3n) is 6.47. The van der Waals surface area contributed by atoms with E-state index in [1.165, 1.54) is 0 Å². The van der Waals surface area contributed by atoms with Gasteiger partial charge in [-0.2, -0.15) is 15.8 Å². The van der Waals surface area contributed by atoms with Crippen molar-refractivity contribution in [2.75, 3.05) is 0 Å². The molecule has 142 valence electrons.